The third-order valence-electron chi connectivity index (χ3n) is 9.91. The Bertz CT molecular complexity index is 2300. The van der Waals surface area contributed by atoms with Crippen molar-refractivity contribution in [3.05, 3.63) is 206 Å². The Morgan fingerprint density at radius 1 is 0.411 bits per heavy atom. The SMILES string of the molecule is CC.Cc1cc(C)cc(N(/C2=C/Cc3ccc(/C=C/c4ccc(N(c5cc(C)cc(C)c5)c5cc(C)cc(C)c5)cc4)cc3C=C=C2)c2cc(C)cc(C)c2)c1. The lowest BCUT2D eigenvalue weighted by Gasteiger charge is -2.28. The summed E-state index contributed by atoms with van der Waals surface area (Å²) < 4.78 is 0. The minimum Gasteiger partial charge on any atom is -0.310 e. The molecule has 282 valence electrons. The van der Waals surface area contributed by atoms with Gasteiger partial charge in [0.25, 0.3) is 0 Å². The van der Waals surface area contributed by atoms with E-state index in [-0.39, 0.29) is 0 Å². The van der Waals surface area contributed by atoms with Crippen LogP contribution in [0.15, 0.2) is 139 Å². The van der Waals surface area contributed by atoms with Crippen molar-refractivity contribution in [1.29, 1.82) is 0 Å². The summed E-state index contributed by atoms with van der Waals surface area (Å²) in [6, 6.07) is 42.7. The zero-order valence-corrected chi connectivity index (χ0v) is 35.0. The smallest absolute Gasteiger partial charge is 0.0502 e. The second-order valence-corrected chi connectivity index (χ2v) is 15.2. The fraction of sp³-hybridized carbons (Fsp3) is 0.204. The van der Waals surface area contributed by atoms with Crippen LogP contribution in [0.25, 0.3) is 18.2 Å². The second kappa shape index (κ2) is 17.6. The van der Waals surface area contributed by atoms with Gasteiger partial charge in [-0.25, -0.2) is 0 Å². The van der Waals surface area contributed by atoms with Crippen LogP contribution in [0.2, 0.25) is 0 Å². The molecule has 0 fully saturated rings. The number of hydrogen-bond donors (Lipinski definition) is 0. The summed E-state index contributed by atoms with van der Waals surface area (Å²) in [5, 5.41) is 0. The molecule has 0 radical (unpaired) electrons. The Kier molecular flexibility index (Phi) is 12.4. The zero-order chi connectivity index (χ0) is 39.9. The van der Waals surface area contributed by atoms with Crippen LogP contribution < -0.4 is 9.80 Å². The molecule has 2 heteroatoms. The number of allylic oxidation sites excluding steroid dienone is 2. The van der Waals surface area contributed by atoms with E-state index in [9.17, 15) is 0 Å². The monoisotopic (exact) mass is 732 g/mol. The molecule has 2 nitrogen and oxygen atoms in total. The molecule has 0 aromatic heterocycles. The largest absolute Gasteiger partial charge is 0.310 e. The lowest BCUT2D eigenvalue weighted by Crippen LogP contribution is -2.16. The molecule has 7 rings (SSSR count). The molecule has 0 saturated heterocycles. The van der Waals surface area contributed by atoms with Crippen LogP contribution >= 0.6 is 0 Å². The van der Waals surface area contributed by atoms with E-state index < -0.39 is 0 Å². The van der Waals surface area contributed by atoms with Crippen molar-refractivity contribution in [3.63, 3.8) is 0 Å². The number of benzene rings is 6. The minimum absolute atomic E-state index is 0.828. The quantitative estimate of drug-likeness (QED) is 0.114. The Hall–Kier alpha value is -6.08. The number of nitrogens with zero attached hydrogens (tertiary/aromatic N) is 2. The topological polar surface area (TPSA) is 6.48 Å². The number of anilines is 5. The molecular weight excluding hydrogens is 677 g/mol. The molecule has 6 aromatic rings. The Balaban J connectivity index is 0.00000262. The van der Waals surface area contributed by atoms with Crippen LogP contribution in [-0.4, -0.2) is 0 Å². The van der Waals surface area contributed by atoms with E-state index in [2.05, 4.69) is 217 Å². The molecular formula is C54H56N2. The summed E-state index contributed by atoms with van der Waals surface area (Å²) in [6.45, 7) is 21.4. The maximum absolute atomic E-state index is 3.54. The molecule has 0 aliphatic heterocycles. The van der Waals surface area contributed by atoms with Crippen molar-refractivity contribution in [2.24, 2.45) is 0 Å². The van der Waals surface area contributed by atoms with E-state index in [4.69, 9.17) is 0 Å². The molecule has 0 atom stereocenters. The lowest BCUT2D eigenvalue weighted by molar-refractivity contribution is 1.14. The van der Waals surface area contributed by atoms with Gasteiger partial charge in [-0.05, 0) is 201 Å². The first kappa shape index (κ1) is 39.6. The molecule has 0 saturated carbocycles. The van der Waals surface area contributed by atoms with Gasteiger partial charge in [0.1, 0.15) is 0 Å². The summed E-state index contributed by atoms with van der Waals surface area (Å²) in [6.07, 6.45) is 11.8. The van der Waals surface area contributed by atoms with E-state index in [1.165, 1.54) is 83.9 Å². The third-order valence-corrected chi connectivity index (χ3v) is 9.91. The summed E-state index contributed by atoms with van der Waals surface area (Å²) in [5.41, 5.74) is 25.3. The van der Waals surface area contributed by atoms with Gasteiger partial charge in [0, 0.05) is 34.5 Å². The van der Waals surface area contributed by atoms with Crippen molar-refractivity contribution >= 4 is 46.7 Å². The molecule has 0 amide bonds. The van der Waals surface area contributed by atoms with Crippen molar-refractivity contribution in [2.45, 2.75) is 75.7 Å². The first-order valence-corrected chi connectivity index (χ1v) is 19.9. The summed E-state index contributed by atoms with van der Waals surface area (Å²) in [5.74, 6) is 0. The highest BCUT2D eigenvalue weighted by molar-refractivity contribution is 5.80. The number of aryl methyl sites for hydroxylation is 8. The highest BCUT2D eigenvalue weighted by Crippen LogP contribution is 2.37. The van der Waals surface area contributed by atoms with Crippen molar-refractivity contribution in [2.75, 3.05) is 9.80 Å². The fourth-order valence-electron chi connectivity index (χ4n) is 7.82. The van der Waals surface area contributed by atoms with Crippen LogP contribution in [0.4, 0.5) is 28.4 Å². The van der Waals surface area contributed by atoms with Gasteiger partial charge in [0.05, 0.1) is 5.70 Å². The van der Waals surface area contributed by atoms with Crippen LogP contribution in [0.3, 0.4) is 0 Å². The van der Waals surface area contributed by atoms with Gasteiger partial charge in [0.15, 0.2) is 0 Å². The Labute approximate surface area is 336 Å². The average Bonchev–Trinajstić information content (AvgIpc) is 3.12. The van der Waals surface area contributed by atoms with Gasteiger partial charge in [-0.15, -0.1) is 5.73 Å². The molecule has 6 aromatic carbocycles. The second-order valence-electron chi connectivity index (χ2n) is 15.2. The molecule has 0 N–H and O–H groups in total. The first-order valence-electron chi connectivity index (χ1n) is 19.9. The molecule has 1 aliphatic carbocycles. The Morgan fingerprint density at radius 3 is 1.25 bits per heavy atom. The standard InChI is InChI=1S/C52H50N2.C2H6/c1-35-22-36(2)27-49(26-35)53(50-28-37(3)23-38(4)29-50)47-11-9-10-46-34-44(14-17-45(46)18-21-47)13-12-43-15-19-48(20-16-43)54(51-30-39(5)24-40(6)31-51)52-32-41(7)25-42(8)33-52;1-2/h10-17,19-34H,18H2,1-8H3;1-2H3/b13-12+,47-21+;. The maximum atomic E-state index is 3.54. The lowest BCUT2D eigenvalue weighted by atomic mass is 9.98. The van der Waals surface area contributed by atoms with E-state index in [1.54, 1.807) is 0 Å². The van der Waals surface area contributed by atoms with Crippen molar-refractivity contribution in [1.82, 2.24) is 0 Å². The van der Waals surface area contributed by atoms with Crippen LogP contribution in [-0.2, 0) is 6.42 Å². The predicted molar refractivity (Wildman–Crippen MR) is 245 cm³/mol. The van der Waals surface area contributed by atoms with Crippen LogP contribution in [0.5, 0.6) is 0 Å². The van der Waals surface area contributed by atoms with Crippen molar-refractivity contribution < 1.29 is 0 Å². The van der Waals surface area contributed by atoms with E-state index in [0.29, 0.717) is 0 Å². The van der Waals surface area contributed by atoms with Crippen molar-refractivity contribution in [3.8, 4) is 0 Å². The number of fused-ring (bicyclic) bond motifs is 1. The van der Waals surface area contributed by atoms with E-state index in [0.717, 1.165) is 23.4 Å². The van der Waals surface area contributed by atoms with Gasteiger partial charge >= 0.3 is 0 Å². The van der Waals surface area contributed by atoms with Gasteiger partial charge < -0.3 is 9.80 Å². The van der Waals surface area contributed by atoms with Gasteiger partial charge in [-0.3, -0.25) is 0 Å². The molecule has 1 aliphatic rings. The van der Waals surface area contributed by atoms with Gasteiger partial charge in [-0.1, -0.05) is 80.6 Å². The van der Waals surface area contributed by atoms with E-state index in [1.807, 2.05) is 13.8 Å². The van der Waals surface area contributed by atoms with Crippen LogP contribution in [0, 0.1) is 55.4 Å². The predicted octanol–water partition coefficient (Wildman–Crippen LogP) is 15.3. The van der Waals surface area contributed by atoms with Gasteiger partial charge in [-0.2, -0.15) is 0 Å². The molecule has 0 bridgehead atoms. The normalized spacial score (nSPS) is 12.9. The molecule has 0 unspecified atom stereocenters. The first-order chi connectivity index (χ1) is 27.0. The van der Waals surface area contributed by atoms with Crippen LogP contribution in [0.1, 0.15) is 80.6 Å². The number of rotatable bonds is 8. The maximum Gasteiger partial charge on any atom is 0.0502 e. The molecule has 0 heterocycles. The highest BCUT2D eigenvalue weighted by atomic mass is 15.1. The fourth-order valence-corrected chi connectivity index (χ4v) is 7.82. The average molecular weight is 733 g/mol. The summed E-state index contributed by atoms with van der Waals surface area (Å²) >= 11 is 0. The molecule has 0 spiro atoms. The van der Waals surface area contributed by atoms with Gasteiger partial charge in [0.2, 0.25) is 0 Å². The molecule has 56 heavy (non-hydrogen) atoms. The Morgan fingerprint density at radius 2 is 0.804 bits per heavy atom. The number of hydrogen-bond acceptors (Lipinski definition) is 2. The highest BCUT2D eigenvalue weighted by Gasteiger charge is 2.17. The van der Waals surface area contributed by atoms with E-state index >= 15 is 0 Å². The summed E-state index contributed by atoms with van der Waals surface area (Å²) in [7, 11) is 0. The minimum atomic E-state index is 0.828. The zero-order valence-electron chi connectivity index (χ0n) is 35.0. The third kappa shape index (κ3) is 9.58. The summed E-state index contributed by atoms with van der Waals surface area (Å²) in [4.78, 5) is 4.74.